The van der Waals surface area contributed by atoms with Crippen molar-refractivity contribution in [3.63, 3.8) is 0 Å². The van der Waals surface area contributed by atoms with E-state index in [4.69, 9.17) is 6.42 Å². The standard InChI is InChI=1S/C14H16FNO/c1-4-8-16(3)14(17)11(2)9-12-6-5-7-13(15)10-12/h1,5-7,10-11H,8-9H2,2-3H3/t11-/m1/s1. The lowest BCUT2D eigenvalue weighted by Gasteiger charge is -2.19. The van der Waals surface area contributed by atoms with E-state index in [0.717, 1.165) is 5.56 Å². The van der Waals surface area contributed by atoms with Crippen LogP contribution in [0.25, 0.3) is 0 Å². The number of nitrogens with zero attached hydrogens (tertiary/aromatic N) is 1. The Labute approximate surface area is 101 Å². The first-order valence-corrected chi connectivity index (χ1v) is 5.47. The summed E-state index contributed by atoms with van der Waals surface area (Å²) in [7, 11) is 1.67. The van der Waals surface area contributed by atoms with E-state index in [9.17, 15) is 9.18 Å². The van der Waals surface area contributed by atoms with Gasteiger partial charge in [0.1, 0.15) is 5.82 Å². The molecule has 1 rings (SSSR count). The number of halogens is 1. The SMILES string of the molecule is C#CCN(C)C(=O)[C@H](C)Cc1cccc(F)c1. The van der Waals surface area contributed by atoms with Crippen molar-refractivity contribution in [2.24, 2.45) is 5.92 Å². The molecule has 0 saturated heterocycles. The highest BCUT2D eigenvalue weighted by molar-refractivity contribution is 5.78. The summed E-state index contributed by atoms with van der Waals surface area (Å²) in [6.45, 7) is 2.12. The van der Waals surface area contributed by atoms with Gasteiger partial charge in [-0.1, -0.05) is 25.0 Å². The smallest absolute Gasteiger partial charge is 0.226 e. The fraction of sp³-hybridized carbons (Fsp3) is 0.357. The van der Waals surface area contributed by atoms with Gasteiger partial charge < -0.3 is 4.90 Å². The molecule has 0 aliphatic heterocycles. The molecule has 17 heavy (non-hydrogen) atoms. The van der Waals surface area contributed by atoms with Gasteiger partial charge in [0.05, 0.1) is 6.54 Å². The molecule has 1 aromatic carbocycles. The molecule has 2 nitrogen and oxygen atoms in total. The van der Waals surface area contributed by atoms with E-state index in [2.05, 4.69) is 5.92 Å². The minimum Gasteiger partial charge on any atom is -0.334 e. The molecule has 0 radical (unpaired) electrons. The maximum atomic E-state index is 13.0. The van der Waals surface area contributed by atoms with Crippen LogP contribution >= 0.6 is 0 Å². The number of benzene rings is 1. The lowest BCUT2D eigenvalue weighted by atomic mass is 10.00. The fourth-order valence-corrected chi connectivity index (χ4v) is 1.70. The topological polar surface area (TPSA) is 20.3 Å². The Kier molecular flexibility index (Phi) is 4.71. The van der Waals surface area contributed by atoms with Crippen LogP contribution in [-0.2, 0) is 11.2 Å². The summed E-state index contributed by atoms with van der Waals surface area (Å²) in [5.41, 5.74) is 0.819. The minimum absolute atomic E-state index is 0.0211. The number of carbonyl (C=O) groups is 1. The van der Waals surface area contributed by atoms with Gasteiger partial charge in [-0.3, -0.25) is 4.79 Å². The maximum Gasteiger partial charge on any atom is 0.226 e. The molecule has 0 aromatic heterocycles. The molecule has 0 aliphatic carbocycles. The second-order valence-corrected chi connectivity index (χ2v) is 4.13. The van der Waals surface area contributed by atoms with Crippen molar-refractivity contribution in [2.75, 3.05) is 13.6 Å². The van der Waals surface area contributed by atoms with E-state index in [-0.39, 0.29) is 17.6 Å². The highest BCUT2D eigenvalue weighted by atomic mass is 19.1. The Morgan fingerprint density at radius 3 is 2.88 bits per heavy atom. The highest BCUT2D eigenvalue weighted by Gasteiger charge is 2.17. The Bertz CT molecular complexity index is 436. The number of rotatable bonds is 4. The van der Waals surface area contributed by atoms with Gasteiger partial charge in [0.25, 0.3) is 0 Å². The summed E-state index contributed by atoms with van der Waals surface area (Å²) in [6.07, 6.45) is 5.67. The van der Waals surface area contributed by atoms with Crippen molar-refractivity contribution in [1.82, 2.24) is 4.90 Å². The van der Waals surface area contributed by atoms with E-state index >= 15 is 0 Å². The fourth-order valence-electron chi connectivity index (χ4n) is 1.70. The van der Waals surface area contributed by atoms with E-state index in [1.807, 2.05) is 13.0 Å². The van der Waals surface area contributed by atoms with Crippen molar-refractivity contribution in [1.29, 1.82) is 0 Å². The molecule has 0 unspecified atom stereocenters. The predicted molar refractivity (Wildman–Crippen MR) is 65.7 cm³/mol. The van der Waals surface area contributed by atoms with E-state index < -0.39 is 0 Å². The Hall–Kier alpha value is -1.82. The zero-order valence-electron chi connectivity index (χ0n) is 10.1. The molecule has 1 aromatic rings. The van der Waals surface area contributed by atoms with E-state index in [0.29, 0.717) is 13.0 Å². The Morgan fingerprint density at radius 2 is 2.29 bits per heavy atom. The first-order chi connectivity index (χ1) is 8.04. The lowest BCUT2D eigenvalue weighted by Crippen LogP contribution is -2.32. The van der Waals surface area contributed by atoms with Gasteiger partial charge in [-0.25, -0.2) is 4.39 Å². The van der Waals surface area contributed by atoms with Crippen LogP contribution in [0.1, 0.15) is 12.5 Å². The Balaban J connectivity index is 2.63. The van der Waals surface area contributed by atoms with Gasteiger partial charge in [0.15, 0.2) is 0 Å². The molecule has 1 atom stereocenters. The summed E-state index contributed by atoms with van der Waals surface area (Å²) in [6, 6.07) is 6.30. The quantitative estimate of drug-likeness (QED) is 0.729. The maximum absolute atomic E-state index is 13.0. The van der Waals surface area contributed by atoms with Crippen LogP contribution in [0.15, 0.2) is 24.3 Å². The van der Waals surface area contributed by atoms with Gasteiger partial charge in [0, 0.05) is 13.0 Å². The molecule has 0 N–H and O–H groups in total. The second-order valence-electron chi connectivity index (χ2n) is 4.13. The number of hydrogen-bond donors (Lipinski definition) is 0. The molecule has 0 heterocycles. The molecule has 3 heteroatoms. The van der Waals surface area contributed by atoms with Crippen LogP contribution in [0.5, 0.6) is 0 Å². The molecule has 1 amide bonds. The number of amides is 1. The van der Waals surface area contributed by atoms with Crippen LogP contribution in [0, 0.1) is 24.1 Å². The summed E-state index contributed by atoms with van der Waals surface area (Å²) in [5.74, 6) is 1.92. The van der Waals surface area contributed by atoms with Gasteiger partial charge in [-0.05, 0) is 24.1 Å². The van der Waals surface area contributed by atoms with Crippen molar-refractivity contribution in [3.8, 4) is 12.3 Å². The first-order valence-electron chi connectivity index (χ1n) is 5.47. The first kappa shape index (κ1) is 13.2. The normalized spacial score (nSPS) is 11.6. The van der Waals surface area contributed by atoms with Crippen LogP contribution in [0.2, 0.25) is 0 Å². The molecule has 0 aliphatic rings. The third kappa shape index (κ3) is 3.92. The summed E-state index contributed by atoms with van der Waals surface area (Å²) in [4.78, 5) is 13.4. The summed E-state index contributed by atoms with van der Waals surface area (Å²) in [5, 5.41) is 0. The van der Waals surface area contributed by atoms with Crippen molar-refractivity contribution in [2.45, 2.75) is 13.3 Å². The largest absolute Gasteiger partial charge is 0.334 e. The lowest BCUT2D eigenvalue weighted by molar-refractivity contribution is -0.133. The third-order valence-electron chi connectivity index (χ3n) is 2.56. The number of carbonyl (C=O) groups excluding carboxylic acids is 1. The van der Waals surface area contributed by atoms with Crippen LogP contribution < -0.4 is 0 Å². The molecule has 90 valence electrons. The predicted octanol–water partition coefficient (Wildman–Crippen LogP) is 2.10. The van der Waals surface area contributed by atoms with Crippen LogP contribution in [-0.4, -0.2) is 24.4 Å². The van der Waals surface area contributed by atoms with Gasteiger partial charge in [-0.15, -0.1) is 6.42 Å². The number of hydrogen-bond acceptors (Lipinski definition) is 1. The Morgan fingerprint density at radius 1 is 1.59 bits per heavy atom. The van der Waals surface area contributed by atoms with Gasteiger partial charge in [-0.2, -0.15) is 0 Å². The monoisotopic (exact) mass is 233 g/mol. The molecular weight excluding hydrogens is 217 g/mol. The van der Waals surface area contributed by atoms with Crippen molar-refractivity contribution >= 4 is 5.91 Å². The number of terminal acetylenes is 1. The van der Waals surface area contributed by atoms with Crippen LogP contribution in [0.4, 0.5) is 4.39 Å². The average molecular weight is 233 g/mol. The third-order valence-corrected chi connectivity index (χ3v) is 2.56. The van der Waals surface area contributed by atoms with Gasteiger partial charge >= 0.3 is 0 Å². The second kappa shape index (κ2) is 6.05. The zero-order valence-corrected chi connectivity index (χ0v) is 10.1. The van der Waals surface area contributed by atoms with E-state index in [1.165, 1.54) is 17.0 Å². The molecule has 0 spiro atoms. The van der Waals surface area contributed by atoms with Gasteiger partial charge in [0.2, 0.25) is 5.91 Å². The molecule has 0 bridgehead atoms. The van der Waals surface area contributed by atoms with Crippen molar-refractivity contribution in [3.05, 3.63) is 35.6 Å². The zero-order chi connectivity index (χ0) is 12.8. The van der Waals surface area contributed by atoms with Crippen LogP contribution in [0.3, 0.4) is 0 Å². The van der Waals surface area contributed by atoms with Crippen molar-refractivity contribution < 1.29 is 9.18 Å². The molecule has 0 fully saturated rings. The molecule has 0 saturated carbocycles. The molecular formula is C14H16FNO. The highest BCUT2D eigenvalue weighted by Crippen LogP contribution is 2.12. The summed E-state index contributed by atoms with van der Waals surface area (Å²) >= 11 is 0. The summed E-state index contributed by atoms with van der Waals surface area (Å²) < 4.78 is 13.0. The minimum atomic E-state index is -0.279. The average Bonchev–Trinajstić information content (AvgIpc) is 2.28. The van der Waals surface area contributed by atoms with E-state index in [1.54, 1.807) is 13.1 Å².